The Balaban J connectivity index is 2.67. The van der Waals surface area contributed by atoms with Crippen LogP contribution in [0.25, 0.3) is 11.3 Å². The van der Waals surface area contributed by atoms with Crippen LogP contribution in [0.15, 0.2) is 22.7 Å². The molecule has 5 heteroatoms. The molecule has 0 amide bonds. The average Bonchev–Trinajstić information content (AvgIpc) is 2.54. The van der Waals surface area contributed by atoms with E-state index in [-0.39, 0.29) is 0 Å². The van der Waals surface area contributed by atoms with Gasteiger partial charge in [0.05, 0.1) is 5.69 Å². The Kier molecular flexibility index (Phi) is 3.69. The van der Waals surface area contributed by atoms with Crippen LogP contribution >= 0.6 is 27.5 Å². The van der Waals surface area contributed by atoms with Gasteiger partial charge in [-0.05, 0) is 24.1 Å². The van der Waals surface area contributed by atoms with E-state index in [1.54, 1.807) is 4.68 Å². The van der Waals surface area contributed by atoms with Gasteiger partial charge in [0.25, 0.3) is 0 Å². The molecule has 96 valence electrons. The van der Waals surface area contributed by atoms with Crippen LogP contribution in [0.3, 0.4) is 0 Å². The van der Waals surface area contributed by atoms with Crippen LogP contribution in [-0.2, 0) is 7.05 Å². The molecule has 1 aromatic heterocycles. The van der Waals surface area contributed by atoms with E-state index in [1.807, 2.05) is 25.2 Å². The molecule has 0 unspecified atom stereocenters. The van der Waals surface area contributed by atoms with Gasteiger partial charge in [-0.3, -0.25) is 4.68 Å². The average molecular weight is 329 g/mol. The van der Waals surface area contributed by atoms with Crippen LogP contribution < -0.4 is 5.73 Å². The molecule has 0 aliphatic carbocycles. The molecule has 0 saturated carbocycles. The van der Waals surface area contributed by atoms with Gasteiger partial charge in [-0.25, -0.2) is 0 Å². The molecule has 18 heavy (non-hydrogen) atoms. The van der Waals surface area contributed by atoms with Crippen molar-refractivity contribution in [1.82, 2.24) is 9.78 Å². The van der Waals surface area contributed by atoms with Gasteiger partial charge in [0.1, 0.15) is 5.82 Å². The molecule has 0 fully saturated rings. The van der Waals surface area contributed by atoms with E-state index in [2.05, 4.69) is 34.9 Å². The van der Waals surface area contributed by atoms with E-state index >= 15 is 0 Å². The maximum absolute atomic E-state index is 6.08. The van der Waals surface area contributed by atoms with Gasteiger partial charge < -0.3 is 5.73 Å². The molecule has 0 radical (unpaired) electrons. The van der Waals surface area contributed by atoms with Gasteiger partial charge in [-0.1, -0.05) is 41.4 Å². The second-order valence-corrected chi connectivity index (χ2v) is 5.94. The summed E-state index contributed by atoms with van der Waals surface area (Å²) in [4.78, 5) is 0. The number of hydrogen-bond donors (Lipinski definition) is 1. The Labute approximate surface area is 120 Å². The quantitative estimate of drug-likeness (QED) is 0.897. The van der Waals surface area contributed by atoms with Gasteiger partial charge in [0.2, 0.25) is 0 Å². The fourth-order valence-corrected chi connectivity index (χ4v) is 2.89. The van der Waals surface area contributed by atoms with E-state index in [1.165, 1.54) is 0 Å². The van der Waals surface area contributed by atoms with Crippen LogP contribution in [0.2, 0.25) is 5.02 Å². The molecule has 0 bridgehead atoms. The Hall–Kier alpha value is -1.00. The molecular weight excluding hydrogens is 314 g/mol. The number of aromatic nitrogens is 2. The van der Waals surface area contributed by atoms with E-state index in [0.29, 0.717) is 16.8 Å². The van der Waals surface area contributed by atoms with Crippen molar-refractivity contribution in [2.45, 2.75) is 19.8 Å². The number of nitrogen functional groups attached to an aromatic ring is 1. The van der Waals surface area contributed by atoms with Crippen molar-refractivity contribution < 1.29 is 0 Å². The number of hydrogen-bond acceptors (Lipinski definition) is 2. The minimum absolute atomic E-state index is 0.312. The lowest BCUT2D eigenvalue weighted by atomic mass is 9.99. The third kappa shape index (κ3) is 2.40. The third-order valence-corrected chi connectivity index (χ3v) is 3.52. The molecule has 2 N–H and O–H groups in total. The first-order valence-corrected chi connectivity index (χ1v) is 6.86. The summed E-state index contributed by atoms with van der Waals surface area (Å²) in [5.74, 6) is 1.02. The number of benzene rings is 1. The molecule has 3 nitrogen and oxygen atoms in total. The zero-order chi connectivity index (χ0) is 13.4. The number of nitrogens with two attached hydrogens (primary N) is 1. The Morgan fingerprint density at radius 3 is 2.56 bits per heavy atom. The van der Waals surface area contributed by atoms with Gasteiger partial charge in [-0.2, -0.15) is 5.10 Å². The van der Waals surface area contributed by atoms with Crippen LogP contribution in [-0.4, -0.2) is 9.78 Å². The van der Waals surface area contributed by atoms with E-state index in [4.69, 9.17) is 17.3 Å². The van der Waals surface area contributed by atoms with Crippen molar-refractivity contribution in [1.29, 1.82) is 0 Å². The molecule has 1 heterocycles. The molecule has 0 saturated heterocycles. The fraction of sp³-hybridized carbons (Fsp3) is 0.308. The van der Waals surface area contributed by atoms with Crippen molar-refractivity contribution in [2.24, 2.45) is 7.05 Å². The first-order valence-electron chi connectivity index (χ1n) is 5.69. The monoisotopic (exact) mass is 327 g/mol. The summed E-state index contributed by atoms with van der Waals surface area (Å²) in [5, 5.41) is 5.18. The zero-order valence-corrected chi connectivity index (χ0v) is 12.9. The van der Waals surface area contributed by atoms with Crippen LogP contribution in [0.4, 0.5) is 5.82 Å². The lowest BCUT2D eigenvalue weighted by Crippen LogP contribution is -2.00. The molecule has 1 aromatic carbocycles. The Morgan fingerprint density at radius 1 is 1.33 bits per heavy atom. The summed E-state index contributed by atoms with van der Waals surface area (Å²) in [6.07, 6.45) is 0. The molecule has 0 aliphatic heterocycles. The highest BCUT2D eigenvalue weighted by Gasteiger charge is 2.18. The van der Waals surface area contributed by atoms with E-state index < -0.39 is 0 Å². The number of aryl methyl sites for hydroxylation is 1. The van der Waals surface area contributed by atoms with Gasteiger partial charge in [-0.15, -0.1) is 0 Å². The van der Waals surface area contributed by atoms with Crippen molar-refractivity contribution in [3.8, 4) is 11.3 Å². The maximum atomic E-state index is 6.08. The molecule has 2 rings (SSSR count). The first kappa shape index (κ1) is 13.4. The summed E-state index contributed by atoms with van der Waals surface area (Å²) in [5.41, 5.74) is 9.01. The highest BCUT2D eigenvalue weighted by Crippen LogP contribution is 2.35. The smallest absolute Gasteiger partial charge is 0.125 e. The van der Waals surface area contributed by atoms with Crippen molar-refractivity contribution in [3.05, 3.63) is 33.3 Å². The van der Waals surface area contributed by atoms with Crippen molar-refractivity contribution in [2.75, 3.05) is 5.73 Å². The SMILES string of the molecule is CC(C)c1c(-c2cc(Cl)cc(Br)c2)nn(C)c1N. The molecule has 0 aliphatic rings. The second kappa shape index (κ2) is 4.94. The van der Waals surface area contributed by atoms with Crippen LogP contribution in [0.5, 0.6) is 0 Å². The summed E-state index contributed by atoms with van der Waals surface area (Å²) in [6, 6.07) is 5.76. The Morgan fingerprint density at radius 2 is 2.00 bits per heavy atom. The first-order chi connectivity index (χ1) is 8.40. The highest BCUT2D eigenvalue weighted by atomic mass is 79.9. The van der Waals surface area contributed by atoms with E-state index in [9.17, 15) is 0 Å². The lowest BCUT2D eigenvalue weighted by molar-refractivity contribution is 0.780. The predicted octanol–water partition coefficient (Wildman–Crippen LogP) is 4.21. The predicted molar refractivity (Wildman–Crippen MR) is 79.9 cm³/mol. The zero-order valence-electron chi connectivity index (χ0n) is 10.5. The lowest BCUT2D eigenvalue weighted by Gasteiger charge is -2.08. The summed E-state index contributed by atoms with van der Waals surface area (Å²) < 4.78 is 2.64. The number of halogens is 2. The van der Waals surface area contributed by atoms with Gasteiger partial charge in [0.15, 0.2) is 0 Å². The molecule has 2 aromatic rings. The van der Waals surface area contributed by atoms with Gasteiger partial charge >= 0.3 is 0 Å². The highest BCUT2D eigenvalue weighted by molar-refractivity contribution is 9.10. The Bertz CT molecular complexity index is 570. The summed E-state index contributed by atoms with van der Waals surface area (Å²) in [7, 11) is 1.85. The normalized spacial score (nSPS) is 11.2. The van der Waals surface area contributed by atoms with Gasteiger partial charge in [0, 0.05) is 27.7 Å². The number of nitrogens with zero attached hydrogens (tertiary/aromatic N) is 2. The fourth-order valence-electron chi connectivity index (χ4n) is 2.03. The summed E-state index contributed by atoms with van der Waals surface area (Å²) in [6.45, 7) is 4.22. The van der Waals surface area contributed by atoms with Crippen LogP contribution in [0, 0.1) is 0 Å². The number of rotatable bonds is 2. The maximum Gasteiger partial charge on any atom is 0.125 e. The molecular formula is C13H15BrClN3. The van der Waals surface area contributed by atoms with Crippen molar-refractivity contribution >= 4 is 33.3 Å². The van der Waals surface area contributed by atoms with Crippen LogP contribution in [0.1, 0.15) is 25.3 Å². The van der Waals surface area contributed by atoms with Crippen molar-refractivity contribution in [3.63, 3.8) is 0 Å². The third-order valence-electron chi connectivity index (χ3n) is 2.84. The standard InChI is InChI=1S/C13H15BrClN3/c1-7(2)11-12(17-18(3)13(11)16)8-4-9(14)6-10(15)5-8/h4-7H,16H2,1-3H3. The minimum Gasteiger partial charge on any atom is -0.384 e. The second-order valence-electron chi connectivity index (χ2n) is 4.58. The number of anilines is 1. The molecule has 0 atom stereocenters. The van der Waals surface area contributed by atoms with E-state index in [0.717, 1.165) is 21.3 Å². The largest absolute Gasteiger partial charge is 0.384 e. The minimum atomic E-state index is 0.312. The topological polar surface area (TPSA) is 43.8 Å². The summed E-state index contributed by atoms with van der Waals surface area (Å²) >= 11 is 9.53. The molecule has 0 spiro atoms.